The molecule has 0 bridgehead atoms. The summed E-state index contributed by atoms with van der Waals surface area (Å²) in [5, 5.41) is 6.10. The highest BCUT2D eigenvalue weighted by molar-refractivity contribution is 9.10. The molecule has 3 rings (SSSR count). The minimum Gasteiger partial charge on any atom is -0.494 e. The van der Waals surface area contributed by atoms with Gasteiger partial charge in [0.25, 0.3) is 5.91 Å². The van der Waals surface area contributed by atoms with Crippen LogP contribution in [0.4, 0.5) is 5.69 Å². The van der Waals surface area contributed by atoms with Crippen LogP contribution in [0.2, 0.25) is 0 Å². The number of carbonyl (C=O) groups is 3. The van der Waals surface area contributed by atoms with Gasteiger partial charge in [0.15, 0.2) is 0 Å². The molecule has 0 saturated heterocycles. The molecule has 0 aliphatic heterocycles. The zero-order valence-electron chi connectivity index (χ0n) is 18.1. The lowest BCUT2D eigenvalue weighted by Gasteiger charge is -2.13. The number of rotatable bonds is 7. The average molecular weight is 501 g/mol. The maximum atomic E-state index is 13.0. The fourth-order valence-corrected chi connectivity index (χ4v) is 3.38. The summed E-state index contributed by atoms with van der Waals surface area (Å²) < 4.78 is 7.56. The summed E-state index contributed by atoms with van der Waals surface area (Å²) in [6.45, 7) is 6.67. The third-order valence-electron chi connectivity index (χ3n) is 4.51. The number of nitrogens with zero attached hydrogens (tertiary/aromatic N) is 1. The molecule has 0 spiro atoms. The number of ether oxygens (including phenoxy) is 1. The van der Waals surface area contributed by atoms with Gasteiger partial charge in [0, 0.05) is 22.1 Å². The smallest absolute Gasteiger partial charge is 0.328 e. The molecule has 0 saturated carbocycles. The second-order valence-electron chi connectivity index (χ2n) is 7.52. The van der Waals surface area contributed by atoms with E-state index in [4.69, 9.17) is 4.74 Å². The zero-order valence-corrected chi connectivity index (χ0v) is 19.7. The van der Waals surface area contributed by atoms with Crippen molar-refractivity contribution >= 4 is 50.2 Å². The van der Waals surface area contributed by atoms with E-state index in [9.17, 15) is 14.4 Å². The monoisotopic (exact) mass is 500 g/mol. The Hall–Kier alpha value is -3.33. The Morgan fingerprint density at radius 2 is 1.75 bits per heavy atom. The molecule has 9 heteroatoms. The number of hydrogen-bond acceptors (Lipinski definition) is 4. The molecular weight excluding hydrogens is 476 g/mol. The van der Waals surface area contributed by atoms with Crippen LogP contribution in [0.1, 0.15) is 31.3 Å². The summed E-state index contributed by atoms with van der Waals surface area (Å²) in [6.07, 6.45) is 0. The molecule has 0 aliphatic rings. The highest BCUT2D eigenvalue weighted by atomic mass is 79.9. The first kappa shape index (κ1) is 23.3. The highest BCUT2D eigenvalue weighted by Gasteiger charge is 2.21. The lowest BCUT2D eigenvalue weighted by atomic mass is 10.2. The minimum atomic E-state index is -0.860. The SMILES string of the molecule is CCOc1ccc(NC(=O)c2cc3cc(Br)ccc3n2NC(=O)C(=O)NCC(C)C)cc1. The molecule has 0 radical (unpaired) electrons. The van der Waals surface area contributed by atoms with E-state index >= 15 is 0 Å². The van der Waals surface area contributed by atoms with E-state index in [0.29, 0.717) is 30.1 Å². The molecule has 0 fully saturated rings. The number of fused-ring (bicyclic) bond motifs is 1. The lowest BCUT2D eigenvalue weighted by molar-refractivity contribution is -0.136. The van der Waals surface area contributed by atoms with Crippen LogP contribution in [0.25, 0.3) is 10.9 Å². The van der Waals surface area contributed by atoms with Gasteiger partial charge in [-0.2, -0.15) is 0 Å². The third kappa shape index (κ3) is 5.67. The van der Waals surface area contributed by atoms with Crippen molar-refractivity contribution in [2.24, 2.45) is 5.92 Å². The first-order chi connectivity index (χ1) is 15.3. The van der Waals surface area contributed by atoms with Crippen molar-refractivity contribution in [2.45, 2.75) is 20.8 Å². The first-order valence-corrected chi connectivity index (χ1v) is 11.0. The van der Waals surface area contributed by atoms with Crippen molar-refractivity contribution in [3.63, 3.8) is 0 Å². The lowest BCUT2D eigenvalue weighted by Crippen LogP contribution is -2.41. The maximum Gasteiger partial charge on any atom is 0.328 e. The van der Waals surface area contributed by atoms with Gasteiger partial charge in [-0.05, 0) is 61.4 Å². The largest absolute Gasteiger partial charge is 0.494 e. The van der Waals surface area contributed by atoms with E-state index in [1.54, 1.807) is 42.5 Å². The fourth-order valence-electron chi connectivity index (χ4n) is 3.00. The van der Waals surface area contributed by atoms with Crippen LogP contribution in [0.3, 0.4) is 0 Å². The number of benzene rings is 2. The van der Waals surface area contributed by atoms with Crippen LogP contribution in [0.5, 0.6) is 5.75 Å². The Morgan fingerprint density at radius 1 is 1.03 bits per heavy atom. The molecule has 0 atom stereocenters. The van der Waals surface area contributed by atoms with Gasteiger partial charge < -0.3 is 15.4 Å². The second kappa shape index (κ2) is 10.3. The number of nitrogens with one attached hydrogen (secondary N) is 3. The summed E-state index contributed by atoms with van der Waals surface area (Å²) in [5.74, 6) is -1.17. The summed E-state index contributed by atoms with van der Waals surface area (Å²) in [6, 6.07) is 14.0. The van der Waals surface area contributed by atoms with Crippen molar-refractivity contribution in [1.82, 2.24) is 9.99 Å². The van der Waals surface area contributed by atoms with Gasteiger partial charge >= 0.3 is 11.8 Å². The summed E-state index contributed by atoms with van der Waals surface area (Å²) in [5.41, 5.74) is 3.86. The molecule has 3 aromatic rings. The molecule has 1 heterocycles. The maximum absolute atomic E-state index is 13.0. The van der Waals surface area contributed by atoms with Crippen molar-refractivity contribution < 1.29 is 19.1 Å². The van der Waals surface area contributed by atoms with Crippen LogP contribution in [-0.2, 0) is 9.59 Å². The molecular formula is C23H25BrN4O4. The molecule has 0 aliphatic carbocycles. The normalized spacial score (nSPS) is 10.8. The van der Waals surface area contributed by atoms with Crippen LogP contribution >= 0.6 is 15.9 Å². The molecule has 1 aromatic heterocycles. The topological polar surface area (TPSA) is 101 Å². The molecule has 3 amide bonds. The van der Waals surface area contributed by atoms with Gasteiger partial charge in [-0.1, -0.05) is 29.8 Å². The fraction of sp³-hybridized carbons (Fsp3) is 0.261. The Bertz CT molecular complexity index is 1140. The predicted octanol–water partition coefficient (Wildman–Crippen LogP) is 3.90. The molecule has 8 nitrogen and oxygen atoms in total. The zero-order chi connectivity index (χ0) is 23.3. The summed E-state index contributed by atoms with van der Waals surface area (Å²) >= 11 is 3.41. The van der Waals surface area contributed by atoms with Crippen molar-refractivity contribution in [1.29, 1.82) is 0 Å². The number of carbonyl (C=O) groups excluding carboxylic acids is 3. The second-order valence-corrected chi connectivity index (χ2v) is 8.44. The minimum absolute atomic E-state index is 0.178. The van der Waals surface area contributed by atoms with Gasteiger partial charge in [0.2, 0.25) is 0 Å². The Kier molecular flexibility index (Phi) is 7.53. The van der Waals surface area contributed by atoms with Crippen LogP contribution in [-0.4, -0.2) is 35.5 Å². The number of halogens is 1. The number of hydrogen-bond donors (Lipinski definition) is 3. The van der Waals surface area contributed by atoms with E-state index in [-0.39, 0.29) is 11.6 Å². The number of anilines is 1. The van der Waals surface area contributed by atoms with E-state index in [2.05, 4.69) is 32.0 Å². The Morgan fingerprint density at radius 3 is 2.41 bits per heavy atom. The number of aromatic nitrogens is 1. The van der Waals surface area contributed by atoms with Gasteiger partial charge in [-0.3, -0.25) is 19.8 Å². The van der Waals surface area contributed by atoms with Gasteiger partial charge in [0.05, 0.1) is 12.1 Å². The molecule has 3 N–H and O–H groups in total. The molecule has 0 unspecified atom stereocenters. The van der Waals surface area contributed by atoms with Crippen LogP contribution in [0.15, 0.2) is 53.0 Å². The molecule has 32 heavy (non-hydrogen) atoms. The van der Waals surface area contributed by atoms with E-state index in [1.807, 2.05) is 26.8 Å². The molecule has 2 aromatic carbocycles. The summed E-state index contributed by atoms with van der Waals surface area (Å²) in [4.78, 5) is 37.7. The quantitative estimate of drug-likeness (QED) is 0.428. The van der Waals surface area contributed by atoms with Gasteiger partial charge in [-0.25, -0.2) is 4.68 Å². The summed E-state index contributed by atoms with van der Waals surface area (Å²) in [7, 11) is 0. The Labute approximate surface area is 194 Å². The molecule has 168 valence electrons. The van der Waals surface area contributed by atoms with E-state index in [1.165, 1.54) is 4.68 Å². The Balaban J connectivity index is 1.87. The van der Waals surface area contributed by atoms with E-state index in [0.717, 1.165) is 9.86 Å². The van der Waals surface area contributed by atoms with Crippen LogP contribution in [0, 0.1) is 5.92 Å². The standard InChI is InChI=1S/C23H25BrN4O4/c1-4-32-18-8-6-17(7-9-18)26-21(29)20-12-15-11-16(24)5-10-19(15)28(20)27-23(31)22(30)25-13-14(2)3/h5-12,14H,4,13H2,1-3H3,(H,25,30)(H,26,29)(H,27,31). The third-order valence-corrected chi connectivity index (χ3v) is 5.00. The first-order valence-electron chi connectivity index (χ1n) is 10.2. The highest BCUT2D eigenvalue weighted by Crippen LogP contribution is 2.24. The van der Waals surface area contributed by atoms with E-state index < -0.39 is 17.7 Å². The van der Waals surface area contributed by atoms with Gasteiger partial charge in [0.1, 0.15) is 11.4 Å². The number of amides is 3. The predicted molar refractivity (Wildman–Crippen MR) is 127 cm³/mol. The van der Waals surface area contributed by atoms with Crippen molar-refractivity contribution in [3.8, 4) is 5.75 Å². The van der Waals surface area contributed by atoms with Crippen LogP contribution < -0.4 is 20.8 Å². The van der Waals surface area contributed by atoms with Crippen molar-refractivity contribution in [3.05, 3.63) is 58.7 Å². The van der Waals surface area contributed by atoms with Gasteiger partial charge in [-0.15, -0.1) is 0 Å². The van der Waals surface area contributed by atoms with Crippen molar-refractivity contribution in [2.75, 3.05) is 23.9 Å². The average Bonchev–Trinajstić information content (AvgIpc) is 3.10.